The predicted molar refractivity (Wildman–Crippen MR) is 63.4 cm³/mol. The molecule has 13 heavy (non-hydrogen) atoms. The summed E-state index contributed by atoms with van der Waals surface area (Å²) in [4.78, 5) is 2.35. The molecule has 0 aromatic heterocycles. The number of hydrogen-bond acceptors (Lipinski definition) is 3. The Morgan fingerprint density at radius 3 is 2.46 bits per heavy atom. The van der Waals surface area contributed by atoms with Crippen LogP contribution in [-0.2, 0) is 0 Å². The molecule has 3 heteroatoms. The molecule has 0 aliphatic heterocycles. The number of nitrogens with zero attached hydrogens (tertiary/aromatic N) is 1. The summed E-state index contributed by atoms with van der Waals surface area (Å²) in [5, 5.41) is 0. The quantitative estimate of drug-likeness (QED) is 0.715. The maximum atomic E-state index is 6.10. The van der Waals surface area contributed by atoms with Gasteiger partial charge in [0.1, 0.15) is 0 Å². The summed E-state index contributed by atoms with van der Waals surface area (Å²) >= 11 is 1.89. The largest absolute Gasteiger partial charge is 0.324 e. The maximum absolute atomic E-state index is 6.10. The van der Waals surface area contributed by atoms with Crippen molar-refractivity contribution in [3.63, 3.8) is 0 Å². The van der Waals surface area contributed by atoms with E-state index in [9.17, 15) is 0 Å². The fourth-order valence-electron chi connectivity index (χ4n) is 1.21. The van der Waals surface area contributed by atoms with Crippen molar-refractivity contribution in [3.05, 3.63) is 0 Å². The Morgan fingerprint density at radius 2 is 2.08 bits per heavy atom. The van der Waals surface area contributed by atoms with Crippen LogP contribution < -0.4 is 5.73 Å². The highest BCUT2D eigenvalue weighted by Crippen LogP contribution is 2.10. The lowest BCUT2D eigenvalue weighted by Gasteiger charge is -2.32. The van der Waals surface area contributed by atoms with Gasteiger partial charge in [0.15, 0.2) is 0 Å². The van der Waals surface area contributed by atoms with Crippen LogP contribution in [-0.4, -0.2) is 42.1 Å². The van der Waals surface area contributed by atoms with Crippen molar-refractivity contribution >= 4 is 11.8 Å². The van der Waals surface area contributed by atoms with Gasteiger partial charge in [-0.3, -0.25) is 0 Å². The minimum Gasteiger partial charge on any atom is -0.324 e. The van der Waals surface area contributed by atoms with Crippen molar-refractivity contribution < 1.29 is 0 Å². The summed E-state index contributed by atoms with van der Waals surface area (Å²) in [5.41, 5.74) is 6.06. The molecule has 0 spiro atoms. The first-order valence-electron chi connectivity index (χ1n) is 4.91. The number of thioether (sulfide) groups is 1. The molecule has 0 aromatic carbocycles. The van der Waals surface area contributed by atoms with E-state index in [1.54, 1.807) is 0 Å². The van der Waals surface area contributed by atoms with E-state index >= 15 is 0 Å². The fourth-order valence-corrected chi connectivity index (χ4v) is 1.94. The van der Waals surface area contributed by atoms with Crippen molar-refractivity contribution in [2.45, 2.75) is 38.8 Å². The lowest BCUT2D eigenvalue weighted by atomic mass is 9.99. The molecule has 0 heterocycles. The van der Waals surface area contributed by atoms with Crippen molar-refractivity contribution in [1.29, 1.82) is 0 Å². The lowest BCUT2D eigenvalue weighted by molar-refractivity contribution is 0.215. The lowest BCUT2D eigenvalue weighted by Crippen LogP contribution is -2.49. The molecule has 0 bridgehead atoms. The van der Waals surface area contributed by atoms with Crippen LogP contribution in [0.4, 0.5) is 0 Å². The van der Waals surface area contributed by atoms with Crippen molar-refractivity contribution in [2.75, 3.05) is 25.6 Å². The Kier molecular flexibility index (Phi) is 6.01. The van der Waals surface area contributed by atoms with Gasteiger partial charge >= 0.3 is 0 Å². The normalized spacial score (nSPS) is 18.7. The molecule has 2 unspecified atom stereocenters. The van der Waals surface area contributed by atoms with Crippen LogP contribution in [0.1, 0.15) is 27.2 Å². The molecular formula is C10H24N2S. The molecule has 0 fully saturated rings. The average Bonchev–Trinajstić information content (AvgIpc) is 2.04. The topological polar surface area (TPSA) is 29.3 Å². The molecule has 80 valence electrons. The summed E-state index contributed by atoms with van der Waals surface area (Å²) in [6.07, 6.45) is 3.18. The Hall–Kier alpha value is 0.270. The van der Waals surface area contributed by atoms with E-state index in [1.165, 1.54) is 5.75 Å². The molecule has 0 saturated heterocycles. The maximum Gasteiger partial charge on any atom is 0.0252 e. The minimum atomic E-state index is -0.0403. The second-order valence-corrected chi connectivity index (χ2v) is 5.14. The summed E-state index contributed by atoms with van der Waals surface area (Å²) < 4.78 is 0. The van der Waals surface area contributed by atoms with Gasteiger partial charge in [0, 0.05) is 23.9 Å². The Labute approximate surface area is 87.2 Å². The summed E-state index contributed by atoms with van der Waals surface area (Å²) in [6.45, 7) is 7.50. The van der Waals surface area contributed by atoms with E-state index in [4.69, 9.17) is 5.73 Å². The molecule has 2 nitrogen and oxygen atoms in total. The molecular weight excluding hydrogens is 180 g/mol. The Bertz CT molecular complexity index is 137. The molecule has 0 aliphatic rings. The van der Waals surface area contributed by atoms with Crippen molar-refractivity contribution in [3.8, 4) is 0 Å². The van der Waals surface area contributed by atoms with Crippen molar-refractivity contribution in [2.24, 2.45) is 5.73 Å². The van der Waals surface area contributed by atoms with E-state index in [1.807, 2.05) is 11.8 Å². The van der Waals surface area contributed by atoms with Crippen LogP contribution in [0.25, 0.3) is 0 Å². The van der Waals surface area contributed by atoms with Gasteiger partial charge in [-0.05, 0) is 33.6 Å². The highest BCUT2D eigenvalue weighted by Gasteiger charge is 2.20. The smallest absolute Gasteiger partial charge is 0.0252 e. The van der Waals surface area contributed by atoms with E-state index in [2.05, 4.69) is 39.0 Å². The summed E-state index contributed by atoms with van der Waals surface area (Å²) in [7, 11) is 2.15. The molecule has 0 saturated carbocycles. The van der Waals surface area contributed by atoms with Gasteiger partial charge in [-0.1, -0.05) is 6.92 Å². The van der Waals surface area contributed by atoms with E-state index in [0.717, 1.165) is 13.0 Å². The van der Waals surface area contributed by atoms with E-state index in [0.29, 0.717) is 6.04 Å². The zero-order valence-corrected chi connectivity index (χ0v) is 10.4. The zero-order chi connectivity index (χ0) is 10.5. The number of hydrogen-bond donors (Lipinski definition) is 1. The fraction of sp³-hybridized carbons (Fsp3) is 1.00. The first kappa shape index (κ1) is 13.3. The molecule has 0 amide bonds. The predicted octanol–water partition coefficient (Wildman–Crippen LogP) is 1.80. The number of rotatable bonds is 6. The second-order valence-electron chi connectivity index (χ2n) is 4.23. The Morgan fingerprint density at radius 1 is 1.54 bits per heavy atom. The molecule has 0 radical (unpaired) electrons. The monoisotopic (exact) mass is 204 g/mol. The highest BCUT2D eigenvalue weighted by molar-refractivity contribution is 7.98. The van der Waals surface area contributed by atoms with Gasteiger partial charge in [0.25, 0.3) is 0 Å². The van der Waals surface area contributed by atoms with Crippen LogP contribution >= 0.6 is 11.8 Å². The van der Waals surface area contributed by atoms with Crippen LogP contribution in [0.5, 0.6) is 0 Å². The molecule has 0 aliphatic carbocycles. The van der Waals surface area contributed by atoms with Crippen LogP contribution in [0.2, 0.25) is 0 Å². The molecule has 2 atom stereocenters. The summed E-state index contributed by atoms with van der Waals surface area (Å²) in [5.74, 6) is 1.18. The second kappa shape index (κ2) is 5.89. The van der Waals surface area contributed by atoms with Gasteiger partial charge in [0.2, 0.25) is 0 Å². The van der Waals surface area contributed by atoms with Crippen LogP contribution in [0.15, 0.2) is 0 Å². The molecule has 0 aromatic rings. The third-order valence-electron chi connectivity index (χ3n) is 2.58. The van der Waals surface area contributed by atoms with Crippen LogP contribution in [0, 0.1) is 0 Å². The van der Waals surface area contributed by atoms with Gasteiger partial charge < -0.3 is 10.6 Å². The first-order valence-corrected chi connectivity index (χ1v) is 6.30. The van der Waals surface area contributed by atoms with Crippen LogP contribution in [0.3, 0.4) is 0 Å². The first-order chi connectivity index (χ1) is 5.93. The Balaban J connectivity index is 3.91. The van der Waals surface area contributed by atoms with Crippen molar-refractivity contribution in [1.82, 2.24) is 4.90 Å². The standard InChI is InChI=1S/C10H24N2S/c1-6-10(3,11)8-12(4)9(2)7-13-5/h9H,6-8,11H2,1-5H3. The number of nitrogens with two attached hydrogens (primary N) is 1. The van der Waals surface area contributed by atoms with Gasteiger partial charge in [-0.25, -0.2) is 0 Å². The highest BCUT2D eigenvalue weighted by atomic mass is 32.2. The molecule has 2 N–H and O–H groups in total. The van der Waals surface area contributed by atoms with Gasteiger partial charge in [-0.2, -0.15) is 11.8 Å². The third-order valence-corrected chi connectivity index (χ3v) is 3.39. The summed E-state index contributed by atoms with van der Waals surface area (Å²) in [6, 6.07) is 0.615. The average molecular weight is 204 g/mol. The number of likely N-dealkylation sites (N-methyl/N-ethyl adjacent to an activating group) is 1. The van der Waals surface area contributed by atoms with Gasteiger partial charge in [-0.15, -0.1) is 0 Å². The molecule has 0 rings (SSSR count). The van der Waals surface area contributed by atoms with Gasteiger partial charge in [0.05, 0.1) is 0 Å². The third kappa shape index (κ3) is 5.55. The SMILES string of the molecule is CCC(C)(N)CN(C)C(C)CSC. The van der Waals surface area contributed by atoms with E-state index < -0.39 is 0 Å². The van der Waals surface area contributed by atoms with E-state index in [-0.39, 0.29) is 5.54 Å². The minimum absolute atomic E-state index is 0.0403. The zero-order valence-electron chi connectivity index (χ0n) is 9.63.